The zero-order valence-corrected chi connectivity index (χ0v) is 16.8. The lowest BCUT2D eigenvalue weighted by atomic mass is 10.2. The average Bonchev–Trinajstić information content (AvgIpc) is 2.91. The molecule has 1 aromatic carbocycles. The minimum absolute atomic E-state index is 0.103. The van der Waals surface area contributed by atoms with Gasteiger partial charge in [-0.2, -0.15) is 10.2 Å². The molecule has 0 bridgehead atoms. The van der Waals surface area contributed by atoms with Crippen LogP contribution in [-0.4, -0.2) is 35.1 Å². The summed E-state index contributed by atoms with van der Waals surface area (Å²) in [6, 6.07) is 5.40. The Bertz CT molecular complexity index is 818. The summed E-state index contributed by atoms with van der Waals surface area (Å²) in [7, 11) is 0. The van der Waals surface area contributed by atoms with Crippen molar-refractivity contribution < 1.29 is 14.3 Å². The summed E-state index contributed by atoms with van der Waals surface area (Å²) in [5, 5.41) is 8.67. The number of amides is 1. The van der Waals surface area contributed by atoms with Gasteiger partial charge >= 0.3 is 0 Å². The summed E-state index contributed by atoms with van der Waals surface area (Å²) in [6.45, 7) is 8.82. The largest absolute Gasteiger partial charge is 0.490 e. The number of rotatable bonds is 9. The number of carbonyl (C=O) groups excluding carboxylic acids is 1. The number of nitrogens with one attached hydrogen (secondary N) is 1. The van der Waals surface area contributed by atoms with Crippen molar-refractivity contribution >= 4 is 23.7 Å². The topological polar surface area (TPSA) is 77.7 Å². The minimum atomic E-state index is -0.267. The molecule has 0 fully saturated rings. The molecule has 0 saturated heterocycles. The van der Waals surface area contributed by atoms with Gasteiger partial charge in [0.25, 0.3) is 5.91 Å². The Kier molecular flexibility index (Phi) is 7.67. The van der Waals surface area contributed by atoms with E-state index in [0.717, 1.165) is 17.8 Å². The number of nitrogens with zero attached hydrogens (tertiary/aromatic N) is 3. The molecule has 7 nitrogen and oxygen atoms in total. The van der Waals surface area contributed by atoms with Crippen molar-refractivity contribution in [2.75, 3.05) is 13.2 Å². The monoisotopic (exact) mass is 392 g/mol. The molecule has 8 heteroatoms. The molecule has 146 valence electrons. The summed E-state index contributed by atoms with van der Waals surface area (Å²) in [5.74, 6) is 0.802. The van der Waals surface area contributed by atoms with E-state index < -0.39 is 0 Å². The van der Waals surface area contributed by atoms with Crippen LogP contribution in [0.5, 0.6) is 11.5 Å². The second-order valence-electron chi connectivity index (χ2n) is 5.99. The van der Waals surface area contributed by atoms with E-state index in [0.29, 0.717) is 35.3 Å². The summed E-state index contributed by atoms with van der Waals surface area (Å²) >= 11 is 6.31. The number of hydrogen-bond donors (Lipinski definition) is 1. The van der Waals surface area contributed by atoms with Crippen LogP contribution in [0.15, 0.2) is 23.3 Å². The van der Waals surface area contributed by atoms with Crippen molar-refractivity contribution in [2.45, 2.75) is 40.7 Å². The number of ether oxygens (including phenoxy) is 2. The van der Waals surface area contributed by atoms with Gasteiger partial charge in [-0.3, -0.25) is 9.48 Å². The fourth-order valence-electron chi connectivity index (χ4n) is 2.45. The number of hydrogen-bond acceptors (Lipinski definition) is 5. The van der Waals surface area contributed by atoms with Gasteiger partial charge < -0.3 is 9.47 Å². The first kappa shape index (κ1) is 20.8. The molecule has 1 N–H and O–H groups in total. The molecular weight excluding hydrogens is 368 g/mol. The van der Waals surface area contributed by atoms with E-state index >= 15 is 0 Å². The first-order chi connectivity index (χ1) is 12.9. The zero-order chi connectivity index (χ0) is 19.8. The van der Waals surface area contributed by atoms with Crippen LogP contribution < -0.4 is 14.9 Å². The molecule has 0 aliphatic rings. The van der Waals surface area contributed by atoms with Gasteiger partial charge in [-0.05, 0) is 51.0 Å². The maximum absolute atomic E-state index is 12.0. The predicted molar refractivity (Wildman–Crippen MR) is 106 cm³/mol. The standard InChI is InChI=1S/C19H25ClN4O3/c1-5-7-27-19-16(20)9-15(10-17(19)26-6-2)11-21-22-18(25)12-24-14(4)8-13(3)23-24/h8-11H,5-7,12H2,1-4H3,(H,22,25)/b21-11-. The van der Waals surface area contributed by atoms with Crippen molar-refractivity contribution in [3.8, 4) is 11.5 Å². The maximum Gasteiger partial charge on any atom is 0.261 e. The van der Waals surface area contributed by atoms with Crippen LogP contribution in [0.25, 0.3) is 0 Å². The Balaban J connectivity index is 2.04. The Morgan fingerprint density at radius 1 is 1.30 bits per heavy atom. The van der Waals surface area contributed by atoms with Gasteiger partial charge in [0.1, 0.15) is 6.54 Å². The third-order valence-corrected chi connectivity index (χ3v) is 3.86. The average molecular weight is 393 g/mol. The van der Waals surface area contributed by atoms with E-state index in [-0.39, 0.29) is 12.5 Å². The molecule has 1 amide bonds. The molecule has 0 aliphatic heterocycles. The van der Waals surface area contributed by atoms with Gasteiger partial charge in [-0.15, -0.1) is 0 Å². The van der Waals surface area contributed by atoms with Crippen molar-refractivity contribution in [1.29, 1.82) is 0 Å². The highest BCUT2D eigenvalue weighted by Gasteiger charge is 2.12. The Hall–Kier alpha value is -2.54. The van der Waals surface area contributed by atoms with Crippen LogP contribution in [0, 0.1) is 13.8 Å². The Morgan fingerprint density at radius 3 is 2.70 bits per heavy atom. The zero-order valence-electron chi connectivity index (χ0n) is 16.1. The minimum Gasteiger partial charge on any atom is -0.490 e. The third kappa shape index (κ3) is 5.99. The number of carbonyl (C=O) groups is 1. The molecule has 0 atom stereocenters. The number of aryl methyl sites for hydroxylation is 2. The Labute approximate surface area is 164 Å². The quantitative estimate of drug-likeness (QED) is 0.523. The van der Waals surface area contributed by atoms with E-state index in [1.165, 1.54) is 6.21 Å². The van der Waals surface area contributed by atoms with Gasteiger partial charge in [-0.25, -0.2) is 5.43 Å². The van der Waals surface area contributed by atoms with E-state index in [4.69, 9.17) is 21.1 Å². The number of benzene rings is 1. The van der Waals surface area contributed by atoms with Gasteiger partial charge in [0.15, 0.2) is 11.5 Å². The molecule has 0 unspecified atom stereocenters. The van der Waals surface area contributed by atoms with E-state index in [1.807, 2.05) is 33.8 Å². The second-order valence-corrected chi connectivity index (χ2v) is 6.40. The SMILES string of the molecule is CCCOc1c(Cl)cc(/C=N\NC(=O)Cn2nc(C)cc2C)cc1OCC. The number of halogens is 1. The molecule has 0 radical (unpaired) electrons. The van der Waals surface area contributed by atoms with Gasteiger partial charge in [0.2, 0.25) is 0 Å². The molecule has 0 spiro atoms. The third-order valence-electron chi connectivity index (χ3n) is 3.58. The van der Waals surface area contributed by atoms with Crippen molar-refractivity contribution in [1.82, 2.24) is 15.2 Å². The lowest BCUT2D eigenvalue weighted by molar-refractivity contribution is -0.121. The fraction of sp³-hybridized carbons (Fsp3) is 0.421. The lowest BCUT2D eigenvalue weighted by Gasteiger charge is -2.13. The van der Waals surface area contributed by atoms with Crippen LogP contribution in [0.2, 0.25) is 5.02 Å². The molecule has 1 heterocycles. The highest BCUT2D eigenvalue weighted by atomic mass is 35.5. The molecule has 27 heavy (non-hydrogen) atoms. The first-order valence-electron chi connectivity index (χ1n) is 8.86. The predicted octanol–water partition coefficient (Wildman–Crippen LogP) is 3.49. The summed E-state index contributed by atoms with van der Waals surface area (Å²) < 4.78 is 12.9. The molecule has 2 aromatic rings. The van der Waals surface area contributed by atoms with Crippen LogP contribution in [0.1, 0.15) is 37.2 Å². The normalized spacial score (nSPS) is 11.0. The van der Waals surface area contributed by atoms with Crippen LogP contribution in [-0.2, 0) is 11.3 Å². The molecule has 2 rings (SSSR count). The van der Waals surface area contributed by atoms with Crippen molar-refractivity contribution in [2.24, 2.45) is 5.10 Å². The van der Waals surface area contributed by atoms with E-state index in [2.05, 4.69) is 15.6 Å². The maximum atomic E-state index is 12.0. The smallest absolute Gasteiger partial charge is 0.261 e. The summed E-state index contributed by atoms with van der Waals surface area (Å²) in [5.41, 5.74) is 4.97. The van der Waals surface area contributed by atoms with Gasteiger partial charge in [0.05, 0.1) is 30.1 Å². The van der Waals surface area contributed by atoms with Gasteiger partial charge in [-0.1, -0.05) is 18.5 Å². The molecule has 0 saturated carbocycles. The molecule has 0 aliphatic carbocycles. The molecular formula is C19H25ClN4O3. The van der Waals surface area contributed by atoms with Gasteiger partial charge in [0, 0.05) is 5.69 Å². The molecule has 1 aromatic heterocycles. The van der Waals surface area contributed by atoms with Crippen molar-refractivity contribution in [3.05, 3.63) is 40.2 Å². The fourth-order valence-corrected chi connectivity index (χ4v) is 2.73. The van der Waals surface area contributed by atoms with Crippen LogP contribution in [0.3, 0.4) is 0 Å². The number of hydrazone groups is 1. The first-order valence-corrected chi connectivity index (χ1v) is 9.24. The summed E-state index contributed by atoms with van der Waals surface area (Å²) in [4.78, 5) is 12.0. The lowest BCUT2D eigenvalue weighted by Crippen LogP contribution is -2.24. The van der Waals surface area contributed by atoms with Crippen LogP contribution in [0.4, 0.5) is 0 Å². The highest BCUT2D eigenvalue weighted by Crippen LogP contribution is 2.36. The van der Waals surface area contributed by atoms with E-state index in [1.54, 1.807) is 16.8 Å². The number of aromatic nitrogens is 2. The highest BCUT2D eigenvalue weighted by molar-refractivity contribution is 6.32. The van der Waals surface area contributed by atoms with Crippen molar-refractivity contribution in [3.63, 3.8) is 0 Å². The second kappa shape index (κ2) is 9.97. The Morgan fingerprint density at radius 2 is 2.07 bits per heavy atom. The van der Waals surface area contributed by atoms with E-state index in [9.17, 15) is 4.79 Å². The van der Waals surface area contributed by atoms with Crippen LogP contribution >= 0.6 is 11.6 Å². The summed E-state index contributed by atoms with van der Waals surface area (Å²) in [6.07, 6.45) is 2.38.